The molecule has 0 aliphatic carbocycles. The van der Waals surface area contributed by atoms with Gasteiger partial charge in [0.1, 0.15) is 15.9 Å². The fourth-order valence-corrected chi connectivity index (χ4v) is 1.68. The first-order valence-corrected chi connectivity index (χ1v) is 7.17. The molecule has 0 fully saturated rings. The topological polar surface area (TPSA) is 113 Å². The Labute approximate surface area is 106 Å². The van der Waals surface area contributed by atoms with E-state index in [1.807, 2.05) is 0 Å². The second kappa shape index (κ2) is 7.55. The van der Waals surface area contributed by atoms with Crippen molar-refractivity contribution in [1.29, 1.82) is 0 Å². The first-order valence-electron chi connectivity index (χ1n) is 5.10. The lowest BCUT2D eigenvalue weighted by atomic mass is 10.2. The molecule has 0 aliphatic heterocycles. The predicted molar refractivity (Wildman–Crippen MR) is 65.7 cm³/mol. The van der Waals surface area contributed by atoms with Crippen LogP contribution in [0.25, 0.3) is 0 Å². The highest BCUT2D eigenvalue weighted by atomic mass is 32.2. The molecule has 0 saturated carbocycles. The van der Waals surface area contributed by atoms with Crippen LogP contribution in [0.3, 0.4) is 0 Å². The minimum absolute atomic E-state index is 0.0980. The van der Waals surface area contributed by atoms with Gasteiger partial charge in [-0.2, -0.15) is 0 Å². The number of rotatable bonds is 6. The van der Waals surface area contributed by atoms with Crippen LogP contribution in [0, 0.1) is 11.8 Å². The molecule has 0 heterocycles. The maximum Gasteiger partial charge on any atom is 0.326 e. The van der Waals surface area contributed by atoms with Crippen molar-refractivity contribution < 1.29 is 23.1 Å². The normalized spacial score (nSPS) is 11.9. The van der Waals surface area contributed by atoms with Gasteiger partial charge < -0.3 is 15.7 Å². The number of urea groups is 1. The molecule has 1 unspecified atom stereocenters. The zero-order chi connectivity index (χ0) is 14.2. The number of aliphatic carboxylic acids is 1. The maximum atomic E-state index is 11.3. The van der Waals surface area contributed by atoms with Crippen LogP contribution in [-0.4, -0.2) is 50.1 Å². The lowest BCUT2D eigenvalue weighted by Crippen LogP contribution is -2.46. The summed E-state index contributed by atoms with van der Waals surface area (Å²) in [5.74, 6) is 3.54. The molecule has 0 rings (SSSR count). The van der Waals surface area contributed by atoms with Crippen molar-refractivity contribution in [3.05, 3.63) is 0 Å². The molecule has 7 nitrogen and oxygen atoms in total. The Hall–Kier alpha value is -1.75. The molecule has 0 saturated heterocycles. The third-order valence-corrected chi connectivity index (χ3v) is 2.87. The van der Waals surface area contributed by atoms with Crippen LogP contribution < -0.4 is 10.6 Å². The second-order valence-electron chi connectivity index (χ2n) is 3.56. The van der Waals surface area contributed by atoms with E-state index in [1.165, 1.54) is 0 Å². The number of hydrogen-bond acceptors (Lipinski definition) is 4. The van der Waals surface area contributed by atoms with E-state index in [4.69, 9.17) is 5.11 Å². The van der Waals surface area contributed by atoms with Gasteiger partial charge in [0.2, 0.25) is 0 Å². The van der Waals surface area contributed by atoms with E-state index in [1.54, 1.807) is 6.92 Å². The Kier molecular flexibility index (Phi) is 6.82. The van der Waals surface area contributed by atoms with Gasteiger partial charge in [0.15, 0.2) is 0 Å². The molecule has 18 heavy (non-hydrogen) atoms. The van der Waals surface area contributed by atoms with Gasteiger partial charge in [-0.15, -0.1) is 5.92 Å². The number of carbonyl (C=O) groups is 2. The molecular weight excluding hydrogens is 260 g/mol. The summed E-state index contributed by atoms with van der Waals surface area (Å²) in [6, 6.07) is -1.94. The summed E-state index contributed by atoms with van der Waals surface area (Å²) < 4.78 is 21.8. The Morgan fingerprint density at radius 2 is 2.00 bits per heavy atom. The van der Waals surface area contributed by atoms with E-state index in [0.29, 0.717) is 0 Å². The van der Waals surface area contributed by atoms with Crippen molar-refractivity contribution in [2.75, 3.05) is 18.6 Å². The van der Waals surface area contributed by atoms with E-state index >= 15 is 0 Å². The van der Waals surface area contributed by atoms with Crippen molar-refractivity contribution in [1.82, 2.24) is 10.6 Å². The molecule has 2 amide bonds. The number of hydrogen-bond donors (Lipinski definition) is 3. The smallest absolute Gasteiger partial charge is 0.326 e. The monoisotopic (exact) mass is 276 g/mol. The first kappa shape index (κ1) is 16.2. The lowest BCUT2D eigenvalue weighted by Gasteiger charge is -2.13. The number of carbonyl (C=O) groups excluding carboxylic acids is 1. The van der Waals surface area contributed by atoms with Gasteiger partial charge in [-0.05, 0) is 13.3 Å². The van der Waals surface area contributed by atoms with E-state index in [0.717, 1.165) is 6.26 Å². The molecule has 0 spiro atoms. The standard InChI is InChI=1S/C10H16N2O5S/c1-3-4-6-11-10(15)12-8(9(13)14)5-7-18(2,16)17/h8H,5-7H2,1-2H3,(H,13,14)(H2,11,12,15). The fourth-order valence-electron chi connectivity index (χ4n) is 1.01. The van der Waals surface area contributed by atoms with Gasteiger partial charge in [-0.3, -0.25) is 0 Å². The lowest BCUT2D eigenvalue weighted by molar-refractivity contribution is -0.139. The van der Waals surface area contributed by atoms with Crippen molar-refractivity contribution in [3.8, 4) is 11.8 Å². The van der Waals surface area contributed by atoms with Crippen molar-refractivity contribution >= 4 is 21.8 Å². The third kappa shape index (κ3) is 8.41. The third-order valence-electron chi connectivity index (χ3n) is 1.89. The second-order valence-corrected chi connectivity index (χ2v) is 5.82. The number of carboxylic acids is 1. The quantitative estimate of drug-likeness (QED) is 0.550. The molecule has 8 heteroatoms. The van der Waals surface area contributed by atoms with Gasteiger partial charge in [0.25, 0.3) is 0 Å². The average Bonchev–Trinajstić information content (AvgIpc) is 2.22. The van der Waals surface area contributed by atoms with E-state index in [9.17, 15) is 18.0 Å². The Morgan fingerprint density at radius 1 is 1.39 bits per heavy atom. The summed E-state index contributed by atoms with van der Waals surface area (Å²) in [6.45, 7) is 1.70. The molecule has 0 aromatic rings. The first-order chi connectivity index (χ1) is 8.26. The van der Waals surface area contributed by atoms with Gasteiger partial charge >= 0.3 is 12.0 Å². The van der Waals surface area contributed by atoms with Crippen molar-refractivity contribution in [2.45, 2.75) is 19.4 Å². The van der Waals surface area contributed by atoms with Crippen molar-refractivity contribution in [2.24, 2.45) is 0 Å². The number of carboxylic acid groups (broad SMARTS) is 1. The van der Waals surface area contributed by atoms with Gasteiger partial charge in [0, 0.05) is 6.26 Å². The summed E-state index contributed by atoms with van der Waals surface area (Å²) in [6.07, 6.45) is 0.823. The van der Waals surface area contributed by atoms with E-state index in [2.05, 4.69) is 22.5 Å². The molecular formula is C10H16N2O5S. The minimum Gasteiger partial charge on any atom is -0.480 e. The summed E-state index contributed by atoms with van der Waals surface area (Å²) in [4.78, 5) is 22.1. The SMILES string of the molecule is CC#CCNC(=O)NC(CCS(C)(=O)=O)C(=O)O. The Bertz CT molecular complexity index is 460. The minimum atomic E-state index is -3.27. The van der Waals surface area contributed by atoms with E-state index in [-0.39, 0.29) is 18.7 Å². The summed E-state index contributed by atoms with van der Waals surface area (Å²) in [5, 5.41) is 13.3. The van der Waals surface area contributed by atoms with Crippen LogP contribution in [0.5, 0.6) is 0 Å². The van der Waals surface area contributed by atoms with Crippen LogP contribution in [0.2, 0.25) is 0 Å². The molecule has 0 bridgehead atoms. The predicted octanol–water partition coefficient (Wildman–Crippen LogP) is -0.803. The van der Waals surface area contributed by atoms with Crippen molar-refractivity contribution in [3.63, 3.8) is 0 Å². The maximum absolute atomic E-state index is 11.3. The number of sulfone groups is 1. The largest absolute Gasteiger partial charge is 0.480 e. The summed E-state index contributed by atoms with van der Waals surface area (Å²) >= 11 is 0. The van der Waals surface area contributed by atoms with Crippen LogP contribution >= 0.6 is 0 Å². The van der Waals surface area contributed by atoms with Gasteiger partial charge in [0.05, 0.1) is 12.3 Å². The van der Waals surface area contributed by atoms with Crippen LogP contribution in [0.1, 0.15) is 13.3 Å². The summed E-state index contributed by atoms with van der Waals surface area (Å²) in [7, 11) is -3.27. The fraction of sp³-hybridized carbons (Fsp3) is 0.600. The molecule has 0 aromatic carbocycles. The Morgan fingerprint density at radius 3 is 2.44 bits per heavy atom. The number of amides is 2. The highest BCUT2D eigenvalue weighted by Gasteiger charge is 2.21. The van der Waals surface area contributed by atoms with Crippen LogP contribution in [0.4, 0.5) is 4.79 Å². The number of nitrogens with one attached hydrogen (secondary N) is 2. The molecule has 102 valence electrons. The average molecular weight is 276 g/mol. The molecule has 1 atom stereocenters. The summed E-state index contributed by atoms with van der Waals surface area (Å²) in [5.41, 5.74) is 0. The van der Waals surface area contributed by atoms with Crippen LogP contribution in [0.15, 0.2) is 0 Å². The highest BCUT2D eigenvalue weighted by molar-refractivity contribution is 7.90. The molecule has 3 N–H and O–H groups in total. The van der Waals surface area contributed by atoms with E-state index < -0.39 is 27.9 Å². The van der Waals surface area contributed by atoms with Gasteiger partial charge in [-0.25, -0.2) is 18.0 Å². The highest BCUT2D eigenvalue weighted by Crippen LogP contribution is 1.97. The molecule has 0 radical (unpaired) electrons. The van der Waals surface area contributed by atoms with Gasteiger partial charge in [-0.1, -0.05) is 5.92 Å². The molecule has 0 aliphatic rings. The Balaban J connectivity index is 4.30. The molecule has 0 aromatic heterocycles. The zero-order valence-corrected chi connectivity index (χ0v) is 11.0. The van der Waals surface area contributed by atoms with Crippen LogP contribution in [-0.2, 0) is 14.6 Å². The zero-order valence-electron chi connectivity index (χ0n) is 10.2.